The number of aromatic nitrogens is 2. The lowest BCUT2D eigenvalue weighted by Crippen LogP contribution is -2.27. The monoisotopic (exact) mass is 243 g/mol. The second kappa shape index (κ2) is 4.27. The highest BCUT2D eigenvalue weighted by Crippen LogP contribution is 2.27. The summed E-state index contributed by atoms with van der Waals surface area (Å²) in [6.07, 6.45) is 1.86. The first kappa shape index (κ1) is 11.0. The van der Waals surface area contributed by atoms with Gasteiger partial charge in [-0.3, -0.25) is 4.79 Å². The number of hydrogen-bond donors (Lipinski definition) is 1. The number of ether oxygens (including phenoxy) is 1. The Hall–Kier alpha value is -2.14. The predicted molar refractivity (Wildman–Crippen MR) is 65.6 cm³/mol. The van der Waals surface area contributed by atoms with Gasteiger partial charge in [0.2, 0.25) is 0 Å². The first-order valence-electron chi connectivity index (χ1n) is 5.78. The van der Waals surface area contributed by atoms with Crippen LogP contribution in [0.2, 0.25) is 0 Å². The normalized spacial score (nSPS) is 15.3. The van der Waals surface area contributed by atoms with Gasteiger partial charge in [-0.2, -0.15) is 5.10 Å². The average molecular weight is 243 g/mol. The van der Waals surface area contributed by atoms with Gasteiger partial charge in [0, 0.05) is 17.7 Å². The molecule has 2 heterocycles. The molecule has 1 aromatic heterocycles. The van der Waals surface area contributed by atoms with Crippen molar-refractivity contribution < 1.29 is 9.53 Å². The molecule has 0 radical (unpaired) electrons. The minimum absolute atomic E-state index is 0.227. The van der Waals surface area contributed by atoms with E-state index in [0.29, 0.717) is 18.9 Å². The highest BCUT2D eigenvalue weighted by atomic mass is 16.5. The van der Waals surface area contributed by atoms with Crippen LogP contribution in [-0.4, -0.2) is 28.9 Å². The van der Waals surface area contributed by atoms with Gasteiger partial charge in [0.25, 0.3) is 5.91 Å². The Morgan fingerprint density at radius 3 is 2.61 bits per heavy atom. The van der Waals surface area contributed by atoms with Crippen LogP contribution in [0.3, 0.4) is 0 Å². The average Bonchev–Trinajstić information content (AvgIpc) is 2.73. The van der Waals surface area contributed by atoms with Crippen LogP contribution in [0.5, 0.6) is 0 Å². The molecule has 5 heteroatoms. The van der Waals surface area contributed by atoms with Gasteiger partial charge >= 0.3 is 0 Å². The third kappa shape index (κ3) is 1.78. The molecule has 1 aliphatic rings. The number of benzene rings is 1. The topological polar surface area (TPSA) is 70.1 Å². The third-order valence-electron chi connectivity index (χ3n) is 3.07. The number of carbonyl (C=O) groups is 1. The number of rotatable bonds is 3. The molecule has 0 saturated carbocycles. The van der Waals surface area contributed by atoms with Crippen LogP contribution in [0.4, 0.5) is 0 Å². The standard InChI is InChI=1S/C13H13N3O2/c14-13(17)12-11(9-7-18-8-9)6-16(15-12)10-4-2-1-3-5-10/h1-6,9H,7-8H2,(H2,14,17). The Bertz CT molecular complexity index is 573. The molecule has 1 amide bonds. The van der Waals surface area contributed by atoms with Crippen LogP contribution in [-0.2, 0) is 4.74 Å². The molecule has 3 rings (SSSR count). The van der Waals surface area contributed by atoms with Gasteiger partial charge in [0.05, 0.1) is 18.9 Å². The van der Waals surface area contributed by atoms with Crippen molar-refractivity contribution in [3.05, 3.63) is 47.8 Å². The molecule has 0 atom stereocenters. The van der Waals surface area contributed by atoms with Gasteiger partial charge < -0.3 is 10.5 Å². The largest absolute Gasteiger partial charge is 0.380 e. The van der Waals surface area contributed by atoms with E-state index in [9.17, 15) is 4.79 Å². The number of para-hydroxylation sites is 1. The van der Waals surface area contributed by atoms with Crippen molar-refractivity contribution >= 4 is 5.91 Å². The molecule has 1 aliphatic heterocycles. The fourth-order valence-electron chi connectivity index (χ4n) is 2.01. The highest BCUT2D eigenvalue weighted by molar-refractivity contribution is 5.92. The van der Waals surface area contributed by atoms with Crippen LogP contribution in [0.1, 0.15) is 22.0 Å². The predicted octanol–water partition coefficient (Wildman–Crippen LogP) is 1.08. The molecule has 92 valence electrons. The number of nitrogens with two attached hydrogens (primary N) is 1. The number of primary amides is 1. The first-order chi connectivity index (χ1) is 8.75. The summed E-state index contributed by atoms with van der Waals surface area (Å²) in [5.41, 5.74) is 7.49. The molecule has 0 aliphatic carbocycles. The zero-order valence-electron chi connectivity index (χ0n) is 9.74. The molecular formula is C13H13N3O2. The SMILES string of the molecule is NC(=O)c1nn(-c2ccccc2)cc1C1COC1. The molecule has 1 aromatic carbocycles. The van der Waals surface area contributed by atoms with E-state index in [1.807, 2.05) is 36.5 Å². The van der Waals surface area contributed by atoms with E-state index in [1.54, 1.807) is 4.68 Å². The minimum Gasteiger partial charge on any atom is -0.380 e. The van der Waals surface area contributed by atoms with Crippen molar-refractivity contribution in [1.29, 1.82) is 0 Å². The molecule has 2 N–H and O–H groups in total. The summed E-state index contributed by atoms with van der Waals surface area (Å²) in [6.45, 7) is 1.25. The second-order valence-electron chi connectivity index (χ2n) is 4.31. The third-order valence-corrected chi connectivity index (χ3v) is 3.07. The Morgan fingerprint density at radius 1 is 1.33 bits per heavy atom. The van der Waals surface area contributed by atoms with Gasteiger partial charge in [0.15, 0.2) is 5.69 Å². The van der Waals surface area contributed by atoms with E-state index in [1.165, 1.54) is 0 Å². The van der Waals surface area contributed by atoms with E-state index in [4.69, 9.17) is 10.5 Å². The van der Waals surface area contributed by atoms with Crippen molar-refractivity contribution in [2.45, 2.75) is 5.92 Å². The highest BCUT2D eigenvalue weighted by Gasteiger charge is 2.28. The van der Waals surface area contributed by atoms with Gasteiger partial charge in [0.1, 0.15) is 0 Å². The van der Waals surface area contributed by atoms with Crippen molar-refractivity contribution in [3.63, 3.8) is 0 Å². The van der Waals surface area contributed by atoms with E-state index < -0.39 is 5.91 Å². The van der Waals surface area contributed by atoms with Crippen molar-refractivity contribution in [3.8, 4) is 5.69 Å². The maximum absolute atomic E-state index is 11.4. The maximum Gasteiger partial charge on any atom is 0.269 e. The zero-order valence-corrected chi connectivity index (χ0v) is 9.74. The molecule has 1 fully saturated rings. The smallest absolute Gasteiger partial charge is 0.269 e. The number of nitrogens with zero attached hydrogens (tertiary/aromatic N) is 2. The van der Waals surface area contributed by atoms with Gasteiger partial charge in [-0.1, -0.05) is 18.2 Å². The van der Waals surface area contributed by atoms with Crippen molar-refractivity contribution in [2.24, 2.45) is 5.73 Å². The van der Waals surface area contributed by atoms with E-state index >= 15 is 0 Å². The molecule has 1 saturated heterocycles. The Morgan fingerprint density at radius 2 is 2.06 bits per heavy atom. The van der Waals surface area contributed by atoms with Gasteiger partial charge in [-0.25, -0.2) is 4.68 Å². The summed E-state index contributed by atoms with van der Waals surface area (Å²) >= 11 is 0. The van der Waals surface area contributed by atoms with Crippen LogP contribution in [0.15, 0.2) is 36.5 Å². The molecule has 0 unspecified atom stereocenters. The molecule has 2 aromatic rings. The summed E-state index contributed by atoms with van der Waals surface area (Å²) < 4.78 is 6.84. The summed E-state index contributed by atoms with van der Waals surface area (Å²) in [6, 6.07) is 9.64. The summed E-state index contributed by atoms with van der Waals surface area (Å²) in [5.74, 6) is -0.267. The van der Waals surface area contributed by atoms with E-state index in [2.05, 4.69) is 5.10 Å². The number of carbonyl (C=O) groups excluding carboxylic acids is 1. The molecule has 0 spiro atoms. The summed E-state index contributed by atoms with van der Waals surface area (Å²) in [5, 5.41) is 4.27. The van der Waals surface area contributed by atoms with Crippen molar-refractivity contribution in [1.82, 2.24) is 9.78 Å². The quantitative estimate of drug-likeness (QED) is 0.877. The molecule has 18 heavy (non-hydrogen) atoms. The van der Waals surface area contributed by atoms with Crippen LogP contribution >= 0.6 is 0 Å². The molecular weight excluding hydrogens is 230 g/mol. The fourth-order valence-corrected chi connectivity index (χ4v) is 2.01. The summed E-state index contributed by atoms with van der Waals surface area (Å²) in [7, 11) is 0. The van der Waals surface area contributed by atoms with E-state index in [-0.39, 0.29) is 5.92 Å². The number of amides is 1. The Kier molecular flexibility index (Phi) is 2.60. The minimum atomic E-state index is -0.494. The zero-order chi connectivity index (χ0) is 12.5. The lowest BCUT2D eigenvalue weighted by Gasteiger charge is -2.25. The van der Waals surface area contributed by atoms with Crippen LogP contribution in [0.25, 0.3) is 5.69 Å². The summed E-state index contributed by atoms with van der Waals surface area (Å²) in [4.78, 5) is 11.4. The maximum atomic E-state index is 11.4. The lowest BCUT2D eigenvalue weighted by molar-refractivity contribution is 0.00814. The first-order valence-corrected chi connectivity index (χ1v) is 5.78. The molecule has 0 bridgehead atoms. The Labute approximate surface area is 104 Å². The lowest BCUT2D eigenvalue weighted by atomic mass is 9.98. The van der Waals surface area contributed by atoms with Crippen LogP contribution < -0.4 is 5.73 Å². The fraction of sp³-hybridized carbons (Fsp3) is 0.231. The van der Waals surface area contributed by atoms with Crippen LogP contribution in [0, 0.1) is 0 Å². The van der Waals surface area contributed by atoms with Gasteiger partial charge in [-0.15, -0.1) is 0 Å². The molecule has 5 nitrogen and oxygen atoms in total. The van der Waals surface area contributed by atoms with Gasteiger partial charge in [-0.05, 0) is 12.1 Å². The second-order valence-corrected chi connectivity index (χ2v) is 4.31. The van der Waals surface area contributed by atoms with E-state index in [0.717, 1.165) is 11.3 Å². The van der Waals surface area contributed by atoms with Crippen molar-refractivity contribution in [2.75, 3.05) is 13.2 Å². The Balaban J connectivity index is 2.04. The number of hydrogen-bond acceptors (Lipinski definition) is 3.